The number of benzene rings is 2. The molecule has 1 N–H and O–H groups in total. The Morgan fingerprint density at radius 3 is 2.71 bits per heavy atom. The van der Waals surface area contributed by atoms with E-state index < -0.39 is 0 Å². The molecular formula is C21H17ClN4O2. The van der Waals surface area contributed by atoms with Crippen molar-refractivity contribution in [2.45, 2.75) is 6.54 Å². The summed E-state index contributed by atoms with van der Waals surface area (Å²) in [5.74, 6) is 0.435. The van der Waals surface area contributed by atoms with E-state index in [0.29, 0.717) is 22.9 Å². The highest BCUT2D eigenvalue weighted by Crippen LogP contribution is 2.21. The summed E-state index contributed by atoms with van der Waals surface area (Å²) in [4.78, 5) is 16.8. The van der Waals surface area contributed by atoms with E-state index in [4.69, 9.17) is 16.3 Å². The molecule has 0 saturated carbocycles. The maximum Gasteiger partial charge on any atom is 0.274 e. The lowest BCUT2D eigenvalue weighted by Crippen LogP contribution is -2.13. The minimum absolute atomic E-state index is 0.296. The number of pyridine rings is 1. The summed E-state index contributed by atoms with van der Waals surface area (Å²) >= 11 is 5.90. The number of ether oxygens (including phenoxy) is 1. The summed E-state index contributed by atoms with van der Waals surface area (Å²) in [7, 11) is 1.61. The molecule has 4 aromatic rings. The van der Waals surface area contributed by atoms with Crippen molar-refractivity contribution in [3.63, 3.8) is 0 Å². The number of aromatic nitrogens is 3. The van der Waals surface area contributed by atoms with Gasteiger partial charge in [0.15, 0.2) is 0 Å². The Balaban J connectivity index is 1.48. The molecule has 2 heterocycles. The minimum atomic E-state index is -0.296. The van der Waals surface area contributed by atoms with Crippen LogP contribution in [0.4, 0.5) is 5.69 Å². The lowest BCUT2D eigenvalue weighted by Gasteiger charge is -2.05. The van der Waals surface area contributed by atoms with Crippen molar-refractivity contribution >= 4 is 34.0 Å². The Morgan fingerprint density at radius 2 is 1.93 bits per heavy atom. The summed E-state index contributed by atoms with van der Waals surface area (Å²) in [5, 5.41) is 9.63. The van der Waals surface area contributed by atoms with Crippen molar-refractivity contribution in [2.24, 2.45) is 0 Å². The molecular weight excluding hydrogens is 376 g/mol. The Bertz CT molecular complexity index is 1140. The molecule has 0 spiro atoms. The van der Waals surface area contributed by atoms with Gasteiger partial charge in [0, 0.05) is 22.8 Å². The first-order valence-electron chi connectivity index (χ1n) is 8.63. The molecule has 0 radical (unpaired) electrons. The predicted octanol–water partition coefficient (Wildman–Crippen LogP) is 4.39. The second kappa shape index (κ2) is 7.70. The molecule has 0 bridgehead atoms. The Morgan fingerprint density at radius 1 is 1.11 bits per heavy atom. The van der Waals surface area contributed by atoms with Gasteiger partial charge >= 0.3 is 0 Å². The average Bonchev–Trinajstić information content (AvgIpc) is 3.15. The van der Waals surface area contributed by atoms with E-state index in [1.54, 1.807) is 36.4 Å². The minimum Gasteiger partial charge on any atom is -0.497 e. The number of amides is 1. The zero-order chi connectivity index (χ0) is 19.5. The Hall–Kier alpha value is -3.38. The number of carbonyl (C=O) groups excluding carboxylic acids is 1. The third kappa shape index (κ3) is 3.97. The SMILES string of the molecule is COc1ccc2cnc(C(=O)Nc3cnn(Cc4ccc(Cl)cc4)c3)cc2c1. The van der Waals surface area contributed by atoms with Crippen molar-refractivity contribution in [3.8, 4) is 5.75 Å². The van der Waals surface area contributed by atoms with Crippen molar-refractivity contribution in [2.75, 3.05) is 12.4 Å². The van der Waals surface area contributed by atoms with Crippen molar-refractivity contribution in [1.29, 1.82) is 0 Å². The number of fused-ring (bicyclic) bond motifs is 1. The summed E-state index contributed by atoms with van der Waals surface area (Å²) < 4.78 is 6.98. The van der Waals surface area contributed by atoms with Gasteiger partial charge in [-0.15, -0.1) is 0 Å². The molecule has 2 aromatic heterocycles. The van der Waals surface area contributed by atoms with Crippen molar-refractivity contribution in [1.82, 2.24) is 14.8 Å². The first-order chi connectivity index (χ1) is 13.6. The number of hydrogen-bond acceptors (Lipinski definition) is 4. The zero-order valence-corrected chi connectivity index (χ0v) is 15.8. The third-order valence-corrected chi connectivity index (χ3v) is 4.56. The van der Waals surface area contributed by atoms with Crippen LogP contribution in [0.5, 0.6) is 5.75 Å². The van der Waals surface area contributed by atoms with Crippen LogP contribution in [0.15, 0.2) is 67.1 Å². The van der Waals surface area contributed by atoms with Gasteiger partial charge in [-0.25, -0.2) is 0 Å². The number of nitrogens with zero attached hydrogens (tertiary/aromatic N) is 3. The molecule has 7 heteroatoms. The zero-order valence-electron chi connectivity index (χ0n) is 15.1. The van der Waals surface area contributed by atoms with Gasteiger partial charge in [-0.05, 0) is 47.3 Å². The Labute approximate surface area is 166 Å². The molecule has 1 amide bonds. The summed E-state index contributed by atoms with van der Waals surface area (Å²) in [6.45, 7) is 0.584. The molecule has 28 heavy (non-hydrogen) atoms. The maximum atomic E-state index is 12.6. The lowest BCUT2D eigenvalue weighted by atomic mass is 10.1. The fourth-order valence-electron chi connectivity index (χ4n) is 2.86. The van der Waals surface area contributed by atoms with Crippen LogP contribution in [0.3, 0.4) is 0 Å². The van der Waals surface area contributed by atoms with Gasteiger partial charge in [0.25, 0.3) is 5.91 Å². The van der Waals surface area contributed by atoms with Gasteiger partial charge in [0.1, 0.15) is 11.4 Å². The van der Waals surface area contributed by atoms with E-state index in [0.717, 1.165) is 22.1 Å². The standard InChI is InChI=1S/C21H17ClN4O2/c1-28-19-7-4-15-10-23-20(9-16(15)8-19)21(27)25-18-11-24-26(13-18)12-14-2-5-17(22)6-3-14/h2-11,13H,12H2,1H3,(H,25,27). The largest absolute Gasteiger partial charge is 0.497 e. The van der Waals surface area contributed by atoms with Gasteiger partial charge in [0.2, 0.25) is 0 Å². The van der Waals surface area contributed by atoms with Crippen LogP contribution in [0, 0.1) is 0 Å². The molecule has 0 atom stereocenters. The van der Waals surface area contributed by atoms with Gasteiger partial charge in [-0.1, -0.05) is 23.7 Å². The molecule has 140 valence electrons. The number of methoxy groups -OCH3 is 1. The summed E-state index contributed by atoms with van der Waals surface area (Å²) in [5.41, 5.74) is 1.99. The number of halogens is 1. The van der Waals surface area contributed by atoms with Gasteiger partial charge in [0.05, 0.1) is 25.5 Å². The van der Waals surface area contributed by atoms with Gasteiger partial charge in [-0.2, -0.15) is 5.10 Å². The van der Waals surface area contributed by atoms with E-state index >= 15 is 0 Å². The van der Waals surface area contributed by atoms with Crippen LogP contribution >= 0.6 is 11.6 Å². The molecule has 6 nitrogen and oxygen atoms in total. The van der Waals surface area contributed by atoms with Crippen LogP contribution in [0.25, 0.3) is 10.8 Å². The number of rotatable bonds is 5. The topological polar surface area (TPSA) is 69.0 Å². The molecule has 0 aliphatic heterocycles. The smallest absolute Gasteiger partial charge is 0.274 e. The average molecular weight is 393 g/mol. The van der Waals surface area contributed by atoms with Gasteiger partial charge < -0.3 is 10.1 Å². The van der Waals surface area contributed by atoms with E-state index in [1.807, 2.05) is 42.5 Å². The van der Waals surface area contributed by atoms with E-state index in [9.17, 15) is 4.79 Å². The predicted molar refractivity (Wildman–Crippen MR) is 109 cm³/mol. The molecule has 0 saturated heterocycles. The molecule has 0 aliphatic carbocycles. The molecule has 4 rings (SSSR count). The monoisotopic (exact) mass is 392 g/mol. The maximum absolute atomic E-state index is 12.6. The molecule has 0 unspecified atom stereocenters. The van der Waals surface area contributed by atoms with E-state index in [1.165, 1.54) is 0 Å². The second-order valence-corrected chi connectivity index (χ2v) is 6.73. The van der Waals surface area contributed by atoms with Crippen LogP contribution < -0.4 is 10.1 Å². The molecule has 0 fully saturated rings. The van der Waals surface area contributed by atoms with E-state index in [-0.39, 0.29) is 5.91 Å². The van der Waals surface area contributed by atoms with Crippen LogP contribution in [-0.2, 0) is 6.54 Å². The normalized spacial score (nSPS) is 10.8. The first-order valence-corrected chi connectivity index (χ1v) is 9.00. The highest BCUT2D eigenvalue weighted by molar-refractivity contribution is 6.30. The molecule has 2 aromatic carbocycles. The third-order valence-electron chi connectivity index (χ3n) is 4.31. The van der Waals surface area contributed by atoms with Crippen LogP contribution in [0.1, 0.15) is 16.1 Å². The number of carbonyl (C=O) groups is 1. The highest BCUT2D eigenvalue weighted by Gasteiger charge is 2.10. The number of anilines is 1. The van der Waals surface area contributed by atoms with Crippen LogP contribution in [0.2, 0.25) is 5.02 Å². The second-order valence-electron chi connectivity index (χ2n) is 6.29. The van der Waals surface area contributed by atoms with Crippen LogP contribution in [-0.4, -0.2) is 27.8 Å². The fourth-order valence-corrected chi connectivity index (χ4v) is 2.98. The lowest BCUT2D eigenvalue weighted by molar-refractivity contribution is 0.102. The highest BCUT2D eigenvalue weighted by atomic mass is 35.5. The summed E-state index contributed by atoms with van der Waals surface area (Å²) in [6, 6.07) is 14.9. The Kier molecular flexibility index (Phi) is 4.95. The van der Waals surface area contributed by atoms with Crippen molar-refractivity contribution in [3.05, 3.63) is 83.4 Å². The number of nitrogens with one attached hydrogen (secondary N) is 1. The van der Waals surface area contributed by atoms with Crippen molar-refractivity contribution < 1.29 is 9.53 Å². The molecule has 0 aliphatic rings. The quantitative estimate of drug-likeness (QED) is 0.546. The fraction of sp³-hybridized carbons (Fsp3) is 0.0952. The number of hydrogen-bond donors (Lipinski definition) is 1. The first kappa shape index (κ1) is 18.0. The van der Waals surface area contributed by atoms with E-state index in [2.05, 4.69) is 15.4 Å². The van der Waals surface area contributed by atoms with Gasteiger partial charge in [-0.3, -0.25) is 14.5 Å². The summed E-state index contributed by atoms with van der Waals surface area (Å²) in [6.07, 6.45) is 5.06.